The molecule has 1 amide bonds. The first-order valence-corrected chi connectivity index (χ1v) is 7.96. The monoisotopic (exact) mass is 311 g/mol. The summed E-state index contributed by atoms with van der Waals surface area (Å²) in [6.45, 7) is 0.106. The summed E-state index contributed by atoms with van der Waals surface area (Å²) in [7, 11) is 0. The molecule has 1 aromatic carbocycles. The number of amides is 1. The van der Waals surface area contributed by atoms with Gasteiger partial charge < -0.3 is 10.4 Å². The second-order valence-electron chi connectivity index (χ2n) is 5.85. The van der Waals surface area contributed by atoms with Gasteiger partial charge in [-0.25, -0.2) is 4.68 Å². The van der Waals surface area contributed by atoms with E-state index >= 15 is 0 Å². The molecule has 1 fully saturated rings. The molecule has 3 rings (SSSR count). The van der Waals surface area contributed by atoms with Crippen molar-refractivity contribution in [2.45, 2.75) is 25.3 Å². The van der Waals surface area contributed by atoms with E-state index in [1.165, 1.54) is 6.08 Å². The number of hydrogen-bond donors (Lipinski definition) is 2. The Morgan fingerprint density at radius 3 is 2.87 bits per heavy atom. The van der Waals surface area contributed by atoms with Gasteiger partial charge in [-0.05, 0) is 43.4 Å². The molecule has 2 aromatic rings. The lowest BCUT2D eigenvalue weighted by atomic mass is 10.1. The van der Waals surface area contributed by atoms with Crippen molar-refractivity contribution in [1.29, 1.82) is 0 Å². The van der Waals surface area contributed by atoms with E-state index in [1.54, 1.807) is 17.0 Å². The number of rotatable bonds is 7. The van der Waals surface area contributed by atoms with Crippen molar-refractivity contribution < 1.29 is 9.90 Å². The van der Waals surface area contributed by atoms with Gasteiger partial charge in [-0.2, -0.15) is 5.10 Å². The lowest BCUT2D eigenvalue weighted by Gasteiger charge is -2.15. The molecule has 5 heteroatoms. The normalized spacial score (nSPS) is 15.7. The van der Waals surface area contributed by atoms with Gasteiger partial charge in [-0.1, -0.05) is 18.2 Å². The van der Waals surface area contributed by atoms with Crippen LogP contribution in [-0.2, 0) is 4.79 Å². The summed E-state index contributed by atoms with van der Waals surface area (Å²) in [5, 5.41) is 16.3. The van der Waals surface area contributed by atoms with Gasteiger partial charge in [0.25, 0.3) is 0 Å². The molecule has 5 nitrogen and oxygen atoms in total. The lowest BCUT2D eigenvalue weighted by Crippen LogP contribution is -2.36. The van der Waals surface area contributed by atoms with Crippen LogP contribution in [0.25, 0.3) is 11.8 Å². The molecule has 1 aliphatic rings. The van der Waals surface area contributed by atoms with Gasteiger partial charge in [0.2, 0.25) is 5.91 Å². The van der Waals surface area contributed by atoms with Gasteiger partial charge in [-0.3, -0.25) is 4.79 Å². The Morgan fingerprint density at radius 2 is 2.17 bits per heavy atom. The van der Waals surface area contributed by atoms with E-state index < -0.39 is 0 Å². The SMILES string of the molecule is O=C(/C=C/c1cnn(-c2ccccc2)c1)NC(CCO)C1CC1. The summed E-state index contributed by atoms with van der Waals surface area (Å²) >= 11 is 0. The Bertz CT molecular complexity index is 675. The number of carbonyl (C=O) groups is 1. The number of hydrogen-bond acceptors (Lipinski definition) is 3. The van der Waals surface area contributed by atoms with Gasteiger partial charge in [0.05, 0.1) is 11.9 Å². The Morgan fingerprint density at radius 1 is 1.39 bits per heavy atom. The van der Waals surface area contributed by atoms with Crippen LogP contribution in [0.2, 0.25) is 0 Å². The van der Waals surface area contributed by atoms with Crippen LogP contribution in [-0.4, -0.2) is 33.4 Å². The minimum absolute atomic E-state index is 0.0872. The van der Waals surface area contributed by atoms with E-state index in [2.05, 4.69) is 10.4 Å². The molecule has 1 aliphatic carbocycles. The Balaban J connectivity index is 1.59. The fraction of sp³-hybridized carbons (Fsp3) is 0.333. The molecule has 0 spiro atoms. The number of aromatic nitrogens is 2. The standard InChI is InChI=1S/C18H21N3O2/c22-11-10-17(15-7-8-15)20-18(23)9-6-14-12-19-21(13-14)16-4-2-1-3-5-16/h1-6,9,12-13,15,17,22H,7-8,10-11H2,(H,20,23)/b9-6+. The summed E-state index contributed by atoms with van der Waals surface area (Å²) in [5.41, 5.74) is 1.85. The van der Waals surface area contributed by atoms with Gasteiger partial charge in [0, 0.05) is 30.5 Å². The third-order valence-corrected chi connectivity index (χ3v) is 4.01. The smallest absolute Gasteiger partial charge is 0.244 e. The highest BCUT2D eigenvalue weighted by Gasteiger charge is 2.31. The third kappa shape index (κ3) is 4.29. The number of aliphatic hydroxyl groups excluding tert-OH is 1. The van der Waals surface area contributed by atoms with Crippen molar-refractivity contribution >= 4 is 12.0 Å². The molecule has 1 aromatic heterocycles. The quantitative estimate of drug-likeness (QED) is 0.770. The summed E-state index contributed by atoms with van der Waals surface area (Å²) in [4.78, 5) is 12.0. The van der Waals surface area contributed by atoms with Crippen molar-refractivity contribution in [2.75, 3.05) is 6.61 Å². The number of benzene rings is 1. The molecule has 1 unspecified atom stereocenters. The first kappa shape index (κ1) is 15.5. The van der Waals surface area contributed by atoms with E-state index in [9.17, 15) is 4.79 Å². The molecular formula is C18H21N3O2. The molecule has 23 heavy (non-hydrogen) atoms. The molecule has 2 N–H and O–H groups in total. The van der Waals surface area contributed by atoms with Gasteiger partial charge in [0.1, 0.15) is 0 Å². The van der Waals surface area contributed by atoms with Crippen molar-refractivity contribution in [3.63, 3.8) is 0 Å². The van der Waals surface area contributed by atoms with Crippen LogP contribution in [0.15, 0.2) is 48.8 Å². The van der Waals surface area contributed by atoms with Crippen LogP contribution < -0.4 is 5.32 Å². The van der Waals surface area contributed by atoms with E-state index in [1.807, 2.05) is 36.5 Å². The number of aliphatic hydroxyl groups is 1. The zero-order valence-corrected chi connectivity index (χ0v) is 12.9. The molecular weight excluding hydrogens is 290 g/mol. The largest absolute Gasteiger partial charge is 0.396 e. The Labute approximate surface area is 135 Å². The molecule has 0 radical (unpaired) electrons. The first-order chi connectivity index (χ1) is 11.3. The van der Waals surface area contributed by atoms with E-state index in [0.29, 0.717) is 12.3 Å². The highest BCUT2D eigenvalue weighted by Crippen LogP contribution is 2.33. The predicted octanol–water partition coefficient (Wildman–Crippen LogP) is 2.16. The maximum atomic E-state index is 12.0. The van der Waals surface area contributed by atoms with Crippen LogP contribution in [0.4, 0.5) is 0 Å². The van der Waals surface area contributed by atoms with Crippen LogP contribution in [0.1, 0.15) is 24.8 Å². The maximum Gasteiger partial charge on any atom is 0.244 e. The van der Waals surface area contributed by atoms with Crippen LogP contribution in [0.5, 0.6) is 0 Å². The van der Waals surface area contributed by atoms with Crippen molar-refractivity contribution in [2.24, 2.45) is 5.92 Å². The van der Waals surface area contributed by atoms with E-state index in [-0.39, 0.29) is 18.6 Å². The molecule has 1 heterocycles. The fourth-order valence-corrected chi connectivity index (χ4v) is 2.61. The zero-order valence-electron chi connectivity index (χ0n) is 12.9. The third-order valence-electron chi connectivity index (χ3n) is 4.01. The summed E-state index contributed by atoms with van der Waals surface area (Å²) in [6, 6.07) is 9.91. The molecule has 120 valence electrons. The van der Waals surface area contributed by atoms with Crippen molar-refractivity contribution in [1.82, 2.24) is 15.1 Å². The average molecular weight is 311 g/mol. The molecule has 1 saturated carbocycles. The van der Waals surface area contributed by atoms with Gasteiger partial charge in [0.15, 0.2) is 0 Å². The Kier molecular flexibility index (Phi) is 4.88. The first-order valence-electron chi connectivity index (χ1n) is 7.96. The molecule has 0 saturated heterocycles. The maximum absolute atomic E-state index is 12.0. The number of para-hydroxylation sites is 1. The lowest BCUT2D eigenvalue weighted by molar-refractivity contribution is -0.117. The van der Waals surface area contributed by atoms with E-state index in [0.717, 1.165) is 24.1 Å². The van der Waals surface area contributed by atoms with Gasteiger partial charge in [-0.15, -0.1) is 0 Å². The number of carbonyl (C=O) groups excluding carboxylic acids is 1. The van der Waals surface area contributed by atoms with Crippen LogP contribution in [0, 0.1) is 5.92 Å². The van der Waals surface area contributed by atoms with Crippen LogP contribution >= 0.6 is 0 Å². The fourth-order valence-electron chi connectivity index (χ4n) is 2.61. The highest BCUT2D eigenvalue weighted by atomic mass is 16.3. The topological polar surface area (TPSA) is 67.2 Å². The minimum Gasteiger partial charge on any atom is -0.396 e. The number of nitrogens with one attached hydrogen (secondary N) is 1. The molecule has 0 bridgehead atoms. The van der Waals surface area contributed by atoms with Crippen LogP contribution in [0.3, 0.4) is 0 Å². The zero-order chi connectivity index (χ0) is 16.1. The summed E-state index contributed by atoms with van der Waals surface area (Å²) in [6.07, 6.45) is 9.78. The van der Waals surface area contributed by atoms with Crippen molar-refractivity contribution in [3.05, 3.63) is 54.4 Å². The average Bonchev–Trinajstić information content (AvgIpc) is 3.31. The minimum atomic E-state index is -0.122. The molecule has 1 atom stereocenters. The second kappa shape index (κ2) is 7.24. The second-order valence-corrected chi connectivity index (χ2v) is 5.85. The summed E-state index contributed by atoms with van der Waals surface area (Å²) < 4.78 is 1.77. The van der Waals surface area contributed by atoms with E-state index in [4.69, 9.17) is 5.11 Å². The highest BCUT2D eigenvalue weighted by molar-refractivity contribution is 5.91. The number of nitrogens with zero attached hydrogens (tertiary/aromatic N) is 2. The molecule has 0 aliphatic heterocycles. The van der Waals surface area contributed by atoms with Crippen molar-refractivity contribution in [3.8, 4) is 5.69 Å². The Hall–Kier alpha value is -2.40. The van der Waals surface area contributed by atoms with Gasteiger partial charge >= 0.3 is 0 Å². The summed E-state index contributed by atoms with van der Waals surface area (Å²) in [5.74, 6) is 0.406. The predicted molar refractivity (Wildman–Crippen MR) is 89.0 cm³/mol.